The summed E-state index contributed by atoms with van der Waals surface area (Å²) in [5.74, 6) is 3.35. The first kappa shape index (κ1) is 14.6. The Bertz CT molecular complexity index is 1020. The van der Waals surface area contributed by atoms with E-state index in [1.54, 1.807) is 0 Å². The van der Waals surface area contributed by atoms with Crippen LogP contribution in [0.5, 0.6) is 23.0 Å². The molecule has 5 heterocycles. The van der Waals surface area contributed by atoms with Crippen LogP contribution in [0.25, 0.3) is 0 Å². The van der Waals surface area contributed by atoms with E-state index in [0.717, 1.165) is 35.0 Å². The van der Waals surface area contributed by atoms with Crippen molar-refractivity contribution in [3.8, 4) is 23.0 Å². The van der Waals surface area contributed by atoms with Crippen LogP contribution in [0, 0.1) is 0 Å². The highest BCUT2D eigenvalue weighted by Crippen LogP contribution is 2.64. The summed E-state index contributed by atoms with van der Waals surface area (Å²) in [7, 11) is 2.14. The van der Waals surface area contributed by atoms with Crippen molar-refractivity contribution < 1.29 is 23.7 Å². The van der Waals surface area contributed by atoms with E-state index in [4.69, 9.17) is 23.7 Å². The second-order valence-corrected chi connectivity index (χ2v) is 8.20. The predicted molar refractivity (Wildman–Crippen MR) is 94.3 cm³/mol. The summed E-state index contributed by atoms with van der Waals surface area (Å²) in [4.78, 5) is 2.33. The van der Waals surface area contributed by atoms with E-state index in [2.05, 4.69) is 37.1 Å². The molecule has 0 spiro atoms. The smallest absolute Gasteiger partial charge is 0.231 e. The Balaban J connectivity index is 1.49. The van der Waals surface area contributed by atoms with E-state index in [0.29, 0.717) is 6.79 Å². The lowest BCUT2D eigenvalue weighted by atomic mass is 9.58. The van der Waals surface area contributed by atoms with Crippen LogP contribution >= 0.6 is 0 Å². The molecule has 6 aliphatic rings. The Labute approximate surface area is 156 Å². The van der Waals surface area contributed by atoms with Crippen molar-refractivity contribution in [3.05, 3.63) is 46.5 Å². The molecular weight excluding hydrogens is 346 g/mol. The number of benzene rings is 2. The zero-order valence-corrected chi connectivity index (χ0v) is 15.2. The summed E-state index contributed by atoms with van der Waals surface area (Å²) >= 11 is 0. The van der Waals surface area contributed by atoms with Crippen LogP contribution in [-0.2, 0) is 16.6 Å². The van der Waals surface area contributed by atoms with Gasteiger partial charge in [-0.15, -0.1) is 0 Å². The Morgan fingerprint density at radius 2 is 1.78 bits per heavy atom. The van der Waals surface area contributed by atoms with Crippen LogP contribution in [0.4, 0.5) is 0 Å². The van der Waals surface area contributed by atoms with Crippen molar-refractivity contribution in [2.24, 2.45) is 0 Å². The first-order valence-corrected chi connectivity index (χ1v) is 9.39. The van der Waals surface area contributed by atoms with Crippen molar-refractivity contribution in [2.75, 3.05) is 20.6 Å². The Kier molecular flexibility index (Phi) is 2.44. The van der Waals surface area contributed by atoms with Gasteiger partial charge >= 0.3 is 0 Å². The van der Waals surface area contributed by atoms with Gasteiger partial charge in [-0.3, -0.25) is 4.90 Å². The van der Waals surface area contributed by atoms with Crippen molar-refractivity contribution >= 4 is 0 Å². The molecule has 6 nitrogen and oxygen atoms in total. The molecule has 1 saturated heterocycles. The molecule has 0 radical (unpaired) electrons. The third-order valence-corrected chi connectivity index (χ3v) is 7.05. The lowest BCUT2D eigenvalue weighted by Gasteiger charge is -2.62. The molecule has 8 rings (SSSR count). The van der Waals surface area contributed by atoms with Crippen molar-refractivity contribution in [3.63, 3.8) is 0 Å². The fraction of sp³-hybridized carbons (Fsp3) is 0.429. The highest BCUT2D eigenvalue weighted by atomic mass is 16.7. The monoisotopic (exact) mass is 365 g/mol. The summed E-state index contributed by atoms with van der Waals surface area (Å²) in [5.41, 5.74) is 4.89. The summed E-state index contributed by atoms with van der Waals surface area (Å²) in [6.45, 7) is 2.89. The van der Waals surface area contributed by atoms with Gasteiger partial charge in [0.05, 0.1) is 6.10 Å². The van der Waals surface area contributed by atoms with E-state index in [9.17, 15) is 0 Å². The zero-order chi connectivity index (χ0) is 17.9. The van der Waals surface area contributed by atoms with E-state index >= 15 is 0 Å². The fourth-order valence-electron chi connectivity index (χ4n) is 5.86. The number of fused-ring (bicyclic) bond motifs is 3. The molecule has 2 aromatic carbocycles. The summed E-state index contributed by atoms with van der Waals surface area (Å²) in [6, 6.07) is 8.78. The largest absolute Gasteiger partial charge is 0.454 e. The molecule has 138 valence electrons. The molecule has 1 fully saturated rings. The minimum absolute atomic E-state index is 0.115. The molecule has 27 heavy (non-hydrogen) atoms. The zero-order valence-electron chi connectivity index (χ0n) is 15.2. The quantitative estimate of drug-likeness (QED) is 0.715. The number of hydrogen-bond donors (Lipinski definition) is 0. The van der Waals surface area contributed by atoms with Gasteiger partial charge in [0, 0.05) is 23.4 Å². The van der Waals surface area contributed by atoms with E-state index in [1.807, 2.05) is 6.07 Å². The van der Waals surface area contributed by atoms with E-state index < -0.39 is 0 Å². The fourth-order valence-corrected chi connectivity index (χ4v) is 5.86. The standard InChI is InChI=1S/C21H19NO5/c1-21-12-3-4-13-18(26-9-23-13)17(12)20-22(2)19(21)11-7-15-14(24-8-25-15)5-10(11)6-16(21)27-20/h3-5,7,16,19-20H,6,8-9H2,1-2H3/t16?,19-,20+,21+/m1/s1. The van der Waals surface area contributed by atoms with Crippen molar-refractivity contribution in [1.82, 2.24) is 4.90 Å². The van der Waals surface area contributed by atoms with Gasteiger partial charge in [0.2, 0.25) is 13.6 Å². The maximum Gasteiger partial charge on any atom is 0.231 e. The first-order valence-electron chi connectivity index (χ1n) is 9.39. The van der Waals surface area contributed by atoms with Crippen LogP contribution in [0.15, 0.2) is 24.3 Å². The van der Waals surface area contributed by atoms with Gasteiger partial charge in [-0.25, -0.2) is 0 Å². The van der Waals surface area contributed by atoms with Gasteiger partial charge in [0.15, 0.2) is 23.0 Å². The molecule has 2 aromatic rings. The second kappa shape index (κ2) is 4.51. The molecule has 0 saturated carbocycles. The van der Waals surface area contributed by atoms with Crippen LogP contribution in [0.3, 0.4) is 0 Å². The van der Waals surface area contributed by atoms with Crippen LogP contribution in [0.1, 0.15) is 41.4 Å². The number of likely N-dealkylation sites (N-methyl/N-ethyl adjacent to an activating group) is 1. The lowest BCUT2D eigenvalue weighted by molar-refractivity contribution is -0.220. The SMILES string of the molecule is CN1[C@H]2OC3Cc4cc5c(cc4[C@@H]1[C@@]3(C)c1ccc3c(c12)OCO3)OCO5. The predicted octanol–water partition coefficient (Wildman–Crippen LogP) is 3.04. The molecule has 0 aromatic heterocycles. The average Bonchev–Trinajstić information content (AvgIpc) is 3.30. The highest BCUT2D eigenvalue weighted by molar-refractivity contribution is 5.61. The molecule has 4 atom stereocenters. The molecule has 1 aliphatic carbocycles. The summed E-state index contributed by atoms with van der Waals surface area (Å²) < 4.78 is 29.3. The molecule has 6 heteroatoms. The Hall–Kier alpha value is -2.44. The Morgan fingerprint density at radius 1 is 1.00 bits per heavy atom. The van der Waals surface area contributed by atoms with E-state index in [1.165, 1.54) is 16.7 Å². The van der Waals surface area contributed by atoms with Gasteiger partial charge in [-0.2, -0.15) is 0 Å². The molecular formula is C21H19NO5. The van der Waals surface area contributed by atoms with Gasteiger partial charge in [0.1, 0.15) is 6.23 Å². The minimum Gasteiger partial charge on any atom is -0.454 e. The van der Waals surface area contributed by atoms with Crippen molar-refractivity contribution in [2.45, 2.75) is 37.1 Å². The minimum atomic E-state index is -0.166. The van der Waals surface area contributed by atoms with Crippen LogP contribution < -0.4 is 18.9 Å². The van der Waals surface area contributed by atoms with Gasteiger partial charge in [-0.05, 0) is 41.9 Å². The first-order chi connectivity index (χ1) is 13.2. The number of nitrogens with zero attached hydrogens (tertiary/aromatic N) is 1. The molecule has 0 N–H and O–H groups in total. The van der Waals surface area contributed by atoms with Gasteiger partial charge in [-0.1, -0.05) is 13.0 Å². The number of hydrogen-bond acceptors (Lipinski definition) is 6. The maximum absolute atomic E-state index is 6.62. The summed E-state index contributed by atoms with van der Waals surface area (Å²) in [5, 5.41) is 0. The number of rotatable bonds is 0. The maximum atomic E-state index is 6.62. The second-order valence-electron chi connectivity index (χ2n) is 8.20. The highest BCUT2D eigenvalue weighted by Gasteiger charge is 2.62. The third kappa shape index (κ3) is 1.53. The van der Waals surface area contributed by atoms with Gasteiger partial charge in [0.25, 0.3) is 0 Å². The lowest BCUT2D eigenvalue weighted by Crippen LogP contribution is -2.63. The third-order valence-electron chi connectivity index (χ3n) is 7.05. The van der Waals surface area contributed by atoms with Crippen LogP contribution in [-0.4, -0.2) is 31.6 Å². The normalized spacial score (nSPS) is 33.8. The Morgan fingerprint density at radius 3 is 2.67 bits per heavy atom. The summed E-state index contributed by atoms with van der Waals surface area (Å²) in [6.07, 6.45) is 0.855. The average molecular weight is 365 g/mol. The van der Waals surface area contributed by atoms with E-state index in [-0.39, 0.29) is 30.6 Å². The van der Waals surface area contributed by atoms with Crippen LogP contribution in [0.2, 0.25) is 0 Å². The molecule has 1 unspecified atom stereocenters. The molecule has 0 amide bonds. The number of ether oxygens (including phenoxy) is 5. The molecule has 5 aliphatic heterocycles. The van der Waals surface area contributed by atoms with Crippen molar-refractivity contribution in [1.29, 1.82) is 0 Å². The van der Waals surface area contributed by atoms with Gasteiger partial charge < -0.3 is 23.7 Å². The molecule has 4 bridgehead atoms. The topological polar surface area (TPSA) is 49.4 Å².